The Labute approximate surface area is 182 Å². The molecule has 0 spiro atoms. The third kappa shape index (κ3) is 4.16. The van der Waals surface area contributed by atoms with Crippen LogP contribution in [0, 0.1) is 5.92 Å². The van der Waals surface area contributed by atoms with Crippen LogP contribution in [-0.2, 0) is 9.53 Å². The number of methoxy groups -OCH3 is 1. The van der Waals surface area contributed by atoms with Crippen LogP contribution >= 0.6 is 11.3 Å². The van der Waals surface area contributed by atoms with E-state index in [9.17, 15) is 9.59 Å². The van der Waals surface area contributed by atoms with Crippen LogP contribution in [0.25, 0.3) is 0 Å². The smallest absolute Gasteiger partial charge is 0.254 e. The van der Waals surface area contributed by atoms with Crippen LogP contribution < -0.4 is 5.32 Å². The highest BCUT2D eigenvalue weighted by Crippen LogP contribution is 2.44. The van der Waals surface area contributed by atoms with Crippen molar-refractivity contribution in [3.05, 3.63) is 57.8 Å². The Kier molecular flexibility index (Phi) is 6.54. The fraction of sp³-hybridized carbons (Fsp3) is 0.500. The molecule has 1 N–H and O–H groups in total. The highest BCUT2D eigenvalue weighted by atomic mass is 32.1. The standard InChI is InChI=1S/C24H30N2O3S/c1-16-9-11-17(12-10-16)25-23(27)21-18-6-3-4-7-19(18)24(28)26(13-14-29-2)22(21)20-8-5-15-30-20/h3-8,15-17,21-22H,9-14H2,1-2H3,(H,25,27)/t16?,17?,21-,22+/m1/s1. The van der Waals surface area contributed by atoms with E-state index in [1.54, 1.807) is 18.4 Å². The van der Waals surface area contributed by atoms with Gasteiger partial charge in [0.15, 0.2) is 0 Å². The number of amides is 2. The van der Waals surface area contributed by atoms with Gasteiger partial charge in [0.05, 0.1) is 18.6 Å². The topological polar surface area (TPSA) is 58.6 Å². The number of nitrogens with zero attached hydrogens (tertiary/aromatic N) is 1. The zero-order valence-corrected chi connectivity index (χ0v) is 18.5. The molecule has 6 heteroatoms. The summed E-state index contributed by atoms with van der Waals surface area (Å²) in [5.41, 5.74) is 1.45. The molecule has 0 unspecified atom stereocenters. The molecule has 2 atom stereocenters. The average Bonchev–Trinajstić information content (AvgIpc) is 3.29. The van der Waals surface area contributed by atoms with Gasteiger partial charge in [-0.05, 0) is 54.7 Å². The van der Waals surface area contributed by atoms with Gasteiger partial charge in [-0.2, -0.15) is 0 Å². The van der Waals surface area contributed by atoms with Gasteiger partial charge < -0.3 is 15.0 Å². The number of fused-ring (bicyclic) bond motifs is 1. The molecule has 1 saturated carbocycles. The zero-order chi connectivity index (χ0) is 21.1. The third-order valence-corrected chi connectivity index (χ3v) is 7.40. The van der Waals surface area contributed by atoms with E-state index in [0.717, 1.165) is 42.0 Å². The quantitative estimate of drug-likeness (QED) is 0.746. The van der Waals surface area contributed by atoms with Gasteiger partial charge in [-0.3, -0.25) is 9.59 Å². The van der Waals surface area contributed by atoms with Crippen molar-refractivity contribution in [3.8, 4) is 0 Å². The number of rotatable bonds is 6. The summed E-state index contributed by atoms with van der Waals surface area (Å²) in [6, 6.07) is 11.5. The summed E-state index contributed by atoms with van der Waals surface area (Å²) < 4.78 is 5.28. The lowest BCUT2D eigenvalue weighted by Gasteiger charge is -2.41. The molecule has 0 bridgehead atoms. The zero-order valence-electron chi connectivity index (χ0n) is 17.7. The lowest BCUT2D eigenvalue weighted by Crippen LogP contribution is -2.50. The van der Waals surface area contributed by atoms with Crippen LogP contribution in [0.4, 0.5) is 0 Å². The van der Waals surface area contributed by atoms with Crippen molar-refractivity contribution in [2.24, 2.45) is 5.92 Å². The molecule has 0 saturated heterocycles. The molecule has 30 heavy (non-hydrogen) atoms. The minimum absolute atomic E-state index is 0.0234. The predicted molar refractivity (Wildman–Crippen MR) is 119 cm³/mol. The van der Waals surface area contributed by atoms with Crippen LogP contribution in [0.15, 0.2) is 41.8 Å². The maximum absolute atomic E-state index is 13.7. The van der Waals surface area contributed by atoms with Crippen molar-refractivity contribution in [3.63, 3.8) is 0 Å². The van der Waals surface area contributed by atoms with Gasteiger partial charge in [-0.25, -0.2) is 0 Å². The lowest BCUT2D eigenvalue weighted by atomic mass is 9.80. The van der Waals surface area contributed by atoms with Crippen LogP contribution in [-0.4, -0.2) is 43.0 Å². The number of carbonyl (C=O) groups excluding carboxylic acids is 2. The summed E-state index contributed by atoms with van der Waals surface area (Å²) in [5.74, 6) is 0.301. The first-order chi connectivity index (χ1) is 14.6. The first kappa shape index (κ1) is 21.1. The second-order valence-electron chi connectivity index (χ2n) is 8.48. The maximum atomic E-state index is 13.7. The van der Waals surface area contributed by atoms with Crippen molar-refractivity contribution in [2.75, 3.05) is 20.3 Å². The Bertz CT molecular complexity index is 874. The molecule has 160 valence electrons. The molecule has 5 nitrogen and oxygen atoms in total. The summed E-state index contributed by atoms with van der Waals surface area (Å²) >= 11 is 1.60. The normalized spacial score (nSPS) is 26.3. The van der Waals surface area contributed by atoms with Gasteiger partial charge in [0.25, 0.3) is 5.91 Å². The molecule has 2 aromatic rings. The molecule has 1 fully saturated rings. The van der Waals surface area contributed by atoms with Gasteiger partial charge in [0, 0.05) is 30.1 Å². The monoisotopic (exact) mass is 426 g/mol. The molecule has 0 radical (unpaired) electrons. The van der Waals surface area contributed by atoms with E-state index in [-0.39, 0.29) is 23.9 Å². The summed E-state index contributed by atoms with van der Waals surface area (Å²) in [4.78, 5) is 29.9. The van der Waals surface area contributed by atoms with E-state index in [0.29, 0.717) is 18.7 Å². The molecule has 4 rings (SSSR count). The minimum Gasteiger partial charge on any atom is -0.383 e. The number of ether oxygens (including phenoxy) is 1. The van der Waals surface area contributed by atoms with E-state index in [4.69, 9.17) is 4.74 Å². The van der Waals surface area contributed by atoms with E-state index in [1.807, 2.05) is 46.7 Å². The SMILES string of the molecule is COCCN1C(=O)c2ccccc2[C@@H](C(=O)NC2CCC(C)CC2)[C@@H]1c1cccs1. The average molecular weight is 427 g/mol. The fourth-order valence-corrected chi connectivity index (χ4v) is 5.66. The van der Waals surface area contributed by atoms with E-state index >= 15 is 0 Å². The Balaban J connectivity index is 1.71. The Hall–Kier alpha value is -2.18. The predicted octanol–water partition coefficient (Wildman–Crippen LogP) is 4.37. The highest BCUT2D eigenvalue weighted by molar-refractivity contribution is 7.10. The minimum atomic E-state index is -0.422. The van der Waals surface area contributed by atoms with E-state index < -0.39 is 5.92 Å². The molecule has 1 aromatic heterocycles. The summed E-state index contributed by atoms with van der Waals surface area (Å²) in [7, 11) is 1.64. The molecular weight excluding hydrogens is 396 g/mol. The highest BCUT2D eigenvalue weighted by Gasteiger charge is 2.44. The number of carbonyl (C=O) groups is 2. The molecule has 1 aromatic carbocycles. The van der Waals surface area contributed by atoms with Crippen molar-refractivity contribution in [1.82, 2.24) is 10.2 Å². The van der Waals surface area contributed by atoms with Crippen LogP contribution in [0.3, 0.4) is 0 Å². The Morgan fingerprint density at radius 1 is 1.17 bits per heavy atom. The van der Waals surface area contributed by atoms with E-state index in [2.05, 4.69) is 12.2 Å². The Morgan fingerprint density at radius 2 is 1.93 bits per heavy atom. The number of thiophene rings is 1. The van der Waals surface area contributed by atoms with Crippen LogP contribution in [0.2, 0.25) is 0 Å². The van der Waals surface area contributed by atoms with Crippen LogP contribution in [0.1, 0.15) is 65.4 Å². The molecular formula is C24H30N2O3S. The van der Waals surface area contributed by atoms with Crippen molar-refractivity contribution >= 4 is 23.2 Å². The first-order valence-corrected chi connectivity index (χ1v) is 11.7. The van der Waals surface area contributed by atoms with Crippen molar-refractivity contribution in [1.29, 1.82) is 0 Å². The van der Waals surface area contributed by atoms with Gasteiger partial charge in [-0.1, -0.05) is 31.2 Å². The number of benzene rings is 1. The van der Waals surface area contributed by atoms with Gasteiger partial charge in [0.1, 0.15) is 0 Å². The number of hydrogen-bond donors (Lipinski definition) is 1. The maximum Gasteiger partial charge on any atom is 0.254 e. The molecule has 1 aliphatic carbocycles. The lowest BCUT2D eigenvalue weighted by molar-refractivity contribution is -0.125. The molecule has 2 aliphatic rings. The largest absolute Gasteiger partial charge is 0.383 e. The number of nitrogens with one attached hydrogen (secondary N) is 1. The van der Waals surface area contributed by atoms with Crippen LogP contribution in [0.5, 0.6) is 0 Å². The van der Waals surface area contributed by atoms with Gasteiger partial charge in [0.2, 0.25) is 5.91 Å². The summed E-state index contributed by atoms with van der Waals surface area (Å²) in [6.07, 6.45) is 4.35. The summed E-state index contributed by atoms with van der Waals surface area (Å²) in [6.45, 7) is 3.17. The Morgan fingerprint density at radius 3 is 2.63 bits per heavy atom. The third-order valence-electron chi connectivity index (χ3n) is 6.45. The van der Waals surface area contributed by atoms with Crippen molar-refractivity contribution in [2.45, 2.75) is 50.6 Å². The van der Waals surface area contributed by atoms with E-state index in [1.165, 1.54) is 0 Å². The second kappa shape index (κ2) is 9.31. The molecule has 2 amide bonds. The summed E-state index contributed by atoms with van der Waals surface area (Å²) in [5, 5.41) is 5.34. The number of hydrogen-bond acceptors (Lipinski definition) is 4. The second-order valence-corrected chi connectivity index (χ2v) is 9.46. The molecule has 2 heterocycles. The van der Waals surface area contributed by atoms with Gasteiger partial charge in [-0.15, -0.1) is 11.3 Å². The van der Waals surface area contributed by atoms with Gasteiger partial charge >= 0.3 is 0 Å². The van der Waals surface area contributed by atoms with Crippen molar-refractivity contribution < 1.29 is 14.3 Å². The first-order valence-electron chi connectivity index (χ1n) is 10.8. The molecule has 1 aliphatic heterocycles. The fourth-order valence-electron chi connectivity index (χ4n) is 4.78.